The predicted octanol–water partition coefficient (Wildman–Crippen LogP) is 2.82. The molecule has 0 aliphatic heterocycles. The van der Waals surface area contributed by atoms with Gasteiger partial charge in [-0.2, -0.15) is 0 Å². The van der Waals surface area contributed by atoms with Gasteiger partial charge in [0.25, 0.3) is 5.91 Å². The number of hydrogen-bond acceptors (Lipinski definition) is 5. The highest BCUT2D eigenvalue weighted by Gasteiger charge is 2.14. The number of amides is 1. The van der Waals surface area contributed by atoms with Crippen molar-refractivity contribution in [3.8, 4) is 11.5 Å². The Hall–Kier alpha value is -2.50. The van der Waals surface area contributed by atoms with Gasteiger partial charge in [-0.05, 0) is 45.0 Å². The first kappa shape index (κ1) is 20.5. The molecular weight excluding hydrogens is 322 g/mol. The van der Waals surface area contributed by atoms with Crippen LogP contribution in [0, 0.1) is 0 Å². The third-order valence-electron chi connectivity index (χ3n) is 3.26. The summed E-state index contributed by atoms with van der Waals surface area (Å²) >= 11 is 0. The summed E-state index contributed by atoms with van der Waals surface area (Å²) in [6.45, 7) is 11.0. The molecule has 0 radical (unpaired) electrons. The lowest BCUT2D eigenvalue weighted by Gasteiger charge is -2.20. The van der Waals surface area contributed by atoms with Gasteiger partial charge < -0.3 is 19.1 Å². The van der Waals surface area contributed by atoms with Crippen LogP contribution in [-0.4, -0.2) is 49.7 Å². The van der Waals surface area contributed by atoms with Gasteiger partial charge in [-0.1, -0.05) is 12.2 Å². The number of likely N-dealkylation sites (N-methyl/N-ethyl adjacent to an activating group) is 1. The minimum Gasteiger partial charge on any atom is -0.494 e. The molecule has 25 heavy (non-hydrogen) atoms. The Balaban J connectivity index is 2.28. The predicted molar refractivity (Wildman–Crippen MR) is 95.8 cm³/mol. The maximum atomic E-state index is 12.0. The third-order valence-corrected chi connectivity index (χ3v) is 3.26. The number of esters is 1. The summed E-state index contributed by atoms with van der Waals surface area (Å²) in [6.07, 6.45) is 0.0765. The first-order valence-electron chi connectivity index (χ1n) is 8.39. The molecule has 0 N–H and O–H groups in total. The van der Waals surface area contributed by atoms with Crippen molar-refractivity contribution in [3.63, 3.8) is 0 Å². The van der Waals surface area contributed by atoms with E-state index in [9.17, 15) is 9.59 Å². The standard InChI is InChI=1S/C19H27NO5/c1-5-20(13-15(3)4)18(21)14-25-19(22)11-12-24-17-9-7-16(8-10-17)23-6-2/h7-10H,3,5-6,11-14H2,1-2,4H3. The molecule has 1 rings (SSSR count). The highest BCUT2D eigenvalue weighted by atomic mass is 16.5. The zero-order valence-electron chi connectivity index (χ0n) is 15.2. The smallest absolute Gasteiger partial charge is 0.309 e. The summed E-state index contributed by atoms with van der Waals surface area (Å²) in [5.41, 5.74) is 0.880. The largest absolute Gasteiger partial charge is 0.494 e. The maximum Gasteiger partial charge on any atom is 0.309 e. The van der Waals surface area contributed by atoms with E-state index in [1.54, 1.807) is 29.2 Å². The van der Waals surface area contributed by atoms with Crippen LogP contribution in [0.3, 0.4) is 0 Å². The van der Waals surface area contributed by atoms with Crippen LogP contribution in [0.15, 0.2) is 36.4 Å². The minimum atomic E-state index is -0.467. The van der Waals surface area contributed by atoms with Crippen molar-refractivity contribution >= 4 is 11.9 Å². The molecule has 0 aromatic heterocycles. The lowest BCUT2D eigenvalue weighted by molar-refractivity contribution is -0.152. The quantitative estimate of drug-likeness (QED) is 0.454. The van der Waals surface area contributed by atoms with E-state index < -0.39 is 5.97 Å². The van der Waals surface area contributed by atoms with E-state index in [0.717, 1.165) is 11.3 Å². The monoisotopic (exact) mass is 349 g/mol. The topological polar surface area (TPSA) is 65.1 Å². The lowest BCUT2D eigenvalue weighted by atomic mass is 10.3. The zero-order valence-corrected chi connectivity index (χ0v) is 15.2. The molecule has 0 bridgehead atoms. The molecule has 0 unspecified atom stereocenters. The molecule has 6 heteroatoms. The van der Waals surface area contributed by atoms with Crippen molar-refractivity contribution in [2.45, 2.75) is 27.2 Å². The number of benzene rings is 1. The van der Waals surface area contributed by atoms with Crippen LogP contribution in [0.5, 0.6) is 11.5 Å². The van der Waals surface area contributed by atoms with Gasteiger partial charge in [-0.15, -0.1) is 0 Å². The van der Waals surface area contributed by atoms with Gasteiger partial charge in [0.15, 0.2) is 6.61 Å². The van der Waals surface area contributed by atoms with Gasteiger partial charge in [0.05, 0.1) is 19.6 Å². The summed E-state index contributed by atoms with van der Waals surface area (Å²) in [6, 6.07) is 7.15. The number of nitrogens with zero attached hydrogens (tertiary/aromatic N) is 1. The average Bonchev–Trinajstić information content (AvgIpc) is 2.59. The van der Waals surface area contributed by atoms with E-state index in [4.69, 9.17) is 14.2 Å². The van der Waals surface area contributed by atoms with E-state index in [-0.39, 0.29) is 25.5 Å². The molecule has 0 aliphatic rings. The molecule has 0 saturated carbocycles. The highest BCUT2D eigenvalue weighted by Crippen LogP contribution is 2.17. The number of carbonyl (C=O) groups excluding carboxylic acids is 2. The molecule has 0 fully saturated rings. The van der Waals surface area contributed by atoms with Gasteiger partial charge in [-0.25, -0.2) is 0 Å². The van der Waals surface area contributed by atoms with Crippen LogP contribution in [0.1, 0.15) is 27.2 Å². The molecule has 1 amide bonds. The van der Waals surface area contributed by atoms with Crippen molar-refractivity contribution in [2.75, 3.05) is 32.9 Å². The molecule has 0 heterocycles. The summed E-state index contributed by atoms with van der Waals surface area (Å²) in [4.78, 5) is 25.2. The Kier molecular flexibility index (Phi) is 9.14. The van der Waals surface area contributed by atoms with Crippen LogP contribution in [-0.2, 0) is 14.3 Å². The number of ether oxygens (including phenoxy) is 3. The van der Waals surface area contributed by atoms with Crippen molar-refractivity contribution < 1.29 is 23.8 Å². The maximum absolute atomic E-state index is 12.0. The Morgan fingerprint density at radius 2 is 1.68 bits per heavy atom. The fourth-order valence-electron chi connectivity index (χ4n) is 2.06. The summed E-state index contributed by atoms with van der Waals surface area (Å²) in [5.74, 6) is 0.714. The zero-order chi connectivity index (χ0) is 18.7. The lowest BCUT2D eigenvalue weighted by Crippen LogP contribution is -2.35. The minimum absolute atomic E-state index is 0.0765. The van der Waals surface area contributed by atoms with Gasteiger partial charge in [-0.3, -0.25) is 9.59 Å². The Labute approximate surface area is 149 Å². The van der Waals surface area contributed by atoms with Gasteiger partial charge in [0, 0.05) is 13.1 Å². The highest BCUT2D eigenvalue weighted by molar-refractivity contribution is 5.80. The third kappa shape index (κ3) is 8.24. The fourth-order valence-corrected chi connectivity index (χ4v) is 2.06. The summed E-state index contributed by atoms with van der Waals surface area (Å²) in [7, 11) is 0. The number of rotatable bonds is 11. The first-order valence-corrected chi connectivity index (χ1v) is 8.39. The van der Waals surface area contributed by atoms with Crippen molar-refractivity contribution in [1.82, 2.24) is 4.90 Å². The molecule has 0 aliphatic carbocycles. The van der Waals surface area contributed by atoms with Crippen molar-refractivity contribution in [1.29, 1.82) is 0 Å². The van der Waals surface area contributed by atoms with E-state index in [0.29, 0.717) is 25.4 Å². The molecule has 0 atom stereocenters. The fraction of sp³-hybridized carbons (Fsp3) is 0.474. The van der Waals surface area contributed by atoms with E-state index in [1.165, 1.54) is 0 Å². The van der Waals surface area contributed by atoms with Crippen LogP contribution in [0.25, 0.3) is 0 Å². The molecule has 6 nitrogen and oxygen atoms in total. The van der Waals surface area contributed by atoms with Crippen LogP contribution in [0.2, 0.25) is 0 Å². The van der Waals surface area contributed by atoms with Crippen molar-refractivity contribution in [2.24, 2.45) is 0 Å². The molecular formula is C19H27NO5. The van der Waals surface area contributed by atoms with Crippen LogP contribution in [0.4, 0.5) is 0 Å². The normalized spacial score (nSPS) is 10.0. The molecule has 0 spiro atoms. The molecule has 1 aromatic carbocycles. The Bertz CT molecular complexity index is 568. The second-order valence-corrected chi connectivity index (χ2v) is 5.53. The molecule has 138 valence electrons. The van der Waals surface area contributed by atoms with Gasteiger partial charge >= 0.3 is 5.97 Å². The summed E-state index contributed by atoms with van der Waals surface area (Å²) in [5, 5.41) is 0. The van der Waals surface area contributed by atoms with E-state index >= 15 is 0 Å². The van der Waals surface area contributed by atoms with E-state index in [1.807, 2.05) is 20.8 Å². The first-order chi connectivity index (χ1) is 12.0. The Morgan fingerprint density at radius 1 is 1.08 bits per heavy atom. The van der Waals surface area contributed by atoms with E-state index in [2.05, 4.69) is 6.58 Å². The number of hydrogen-bond donors (Lipinski definition) is 0. The van der Waals surface area contributed by atoms with Gasteiger partial charge in [0.1, 0.15) is 11.5 Å². The SMILES string of the molecule is C=C(C)CN(CC)C(=O)COC(=O)CCOc1ccc(OCC)cc1. The second kappa shape index (κ2) is 11.1. The second-order valence-electron chi connectivity index (χ2n) is 5.53. The van der Waals surface area contributed by atoms with Crippen LogP contribution >= 0.6 is 0 Å². The number of carbonyl (C=O) groups is 2. The van der Waals surface area contributed by atoms with Crippen molar-refractivity contribution in [3.05, 3.63) is 36.4 Å². The van der Waals surface area contributed by atoms with Gasteiger partial charge in [0.2, 0.25) is 0 Å². The molecule has 0 saturated heterocycles. The summed E-state index contributed by atoms with van der Waals surface area (Å²) < 4.78 is 15.8. The Morgan fingerprint density at radius 3 is 2.20 bits per heavy atom. The molecule has 1 aromatic rings. The van der Waals surface area contributed by atoms with Crippen LogP contribution < -0.4 is 9.47 Å². The average molecular weight is 349 g/mol.